The van der Waals surface area contributed by atoms with Gasteiger partial charge in [-0.1, -0.05) is 0 Å². The molecular formula is C13H18F3N3O. The molecule has 0 aromatic carbocycles. The molecule has 0 spiro atoms. The molecule has 1 atom stereocenters. The summed E-state index contributed by atoms with van der Waals surface area (Å²) in [4.78, 5) is 5.80. The Bertz CT molecular complexity index is 430. The molecule has 1 aliphatic heterocycles. The van der Waals surface area contributed by atoms with Crippen LogP contribution in [0.5, 0.6) is 0 Å². The Morgan fingerprint density at radius 1 is 1.30 bits per heavy atom. The predicted octanol–water partition coefficient (Wildman–Crippen LogP) is 1.47. The van der Waals surface area contributed by atoms with Gasteiger partial charge in [-0.2, -0.15) is 13.2 Å². The summed E-state index contributed by atoms with van der Waals surface area (Å²) in [5, 5.41) is 9.66. The summed E-state index contributed by atoms with van der Waals surface area (Å²) < 4.78 is 38.3. The van der Waals surface area contributed by atoms with Crippen LogP contribution in [-0.2, 0) is 0 Å². The Labute approximate surface area is 115 Å². The number of piperidine rings is 1. The third-order valence-electron chi connectivity index (χ3n) is 3.91. The molecule has 1 fully saturated rings. The Hall–Kier alpha value is -1.18. The Morgan fingerprint density at radius 2 is 1.85 bits per heavy atom. The molecule has 2 heterocycles. The maximum Gasteiger partial charge on any atom is 0.417 e. The number of hydrogen-bond donors (Lipinski definition) is 2. The van der Waals surface area contributed by atoms with Crippen LogP contribution in [0.4, 0.5) is 13.2 Å². The zero-order chi connectivity index (χ0) is 14.8. The van der Waals surface area contributed by atoms with Crippen LogP contribution in [0.1, 0.15) is 24.4 Å². The predicted molar refractivity (Wildman–Crippen MR) is 67.8 cm³/mol. The van der Waals surface area contributed by atoms with Crippen LogP contribution >= 0.6 is 0 Å². The monoisotopic (exact) mass is 289 g/mol. The first-order chi connectivity index (χ1) is 9.37. The van der Waals surface area contributed by atoms with E-state index in [2.05, 4.69) is 4.98 Å². The second-order valence-corrected chi connectivity index (χ2v) is 5.10. The van der Waals surface area contributed by atoms with Crippen molar-refractivity contribution in [2.24, 2.45) is 5.73 Å². The van der Waals surface area contributed by atoms with Gasteiger partial charge < -0.3 is 10.8 Å². The van der Waals surface area contributed by atoms with E-state index < -0.39 is 11.8 Å². The lowest BCUT2D eigenvalue weighted by atomic mass is 9.89. The normalized spacial score (nSPS) is 21.6. The van der Waals surface area contributed by atoms with Crippen LogP contribution in [0.3, 0.4) is 0 Å². The van der Waals surface area contributed by atoms with E-state index in [1.807, 2.05) is 17.0 Å². The highest BCUT2D eigenvalue weighted by Crippen LogP contribution is 2.39. The maximum absolute atomic E-state index is 12.8. The average molecular weight is 289 g/mol. The Kier molecular flexibility index (Phi) is 4.31. The molecule has 1 aromatic rings. The summed E-state index contributed by atoms with van der Waals surface area (Å²) in [6.45, 7) is 0.648. The van der Waals surface area contributed by atoms with Gasteiger partial charge in [-0.25, -0.2) is 0 Å². The molecule has 0 saturated carbocycles. The second kappa shape index (κ2) is 5.67. The maximum atomic E-state index is 12.8. The molecule has 3 N–H and O–H groups in total. The number of likely N-dealkylation sites (tertiary alicyclic amines) is 1. The zero-order valence-electron chi connectivity index (χ0n) is 11.0. The van der Waals surface area contributed by atoms with Crippen LogP contribution in [0.25, 0.3) is 0 Å². The minimum absolute atomic E-state index is 0.143. The van der Waals surface area contributed by atoms with Gasteiger partial charge in [-0.3, -0.25) is 9.88 Å². The van der Waals surface area contributed by atoms with Crippen molar-refractivity contribution in [3.05, 3.63) is 30.1 Å². The number of rotatable bonds is 3. The molecule has 1 aromatic heterocycles. The van der Waals surface area contributed by atoms with Crippen LogP contribution in [-0.4, -0.2) is 46.4 Å². The highest BCUT2D eigenvalue weighted by atomic mass is 19.4. The van der Waals surface area contributed by atoms with Gasteiger partial charge in [0.25, 0.3) is 0 Å². The fraction of sp³-hybridized carbons (Fsp3) is 0.615. The molecule has 0 radical (unpaired) electrons. The first-order valence-corrected chi connectivity index (χ1v) is 6.50. The molecule has 7 heteroatoms. The third-order valence-corrected chi connectivity index (χ3v) is 3.91. The van der Waals surface area contributed by atoms with Crippen molar-refractivity contribution in [1.82, 2.24) is 9.88 Å². The molecule has 1 aliphatic rings. The number of aromatic nitrogens is 1. The average Bonchev–Trinajstić information content (AvgIpc) is 2.42. The van der Waals surface area contributed by atoms with Crippen molar-refractivity contribution in [3.8, 4) is 0 Å². The summed E-state index contributed by atoms with van der Waals surface area (Å²) in [6, 6.07) is 3.47. The van der Waals surface area contributed by atoms with Crippen LogP contribution < -0.4 is 5.73 Å². The number of pyridine rings is 1. The smallest absolute Gasteiger partial charge is 0.380 e. The first-order valence-electron chi connectivity index (χ1n) is 6.50. The first kappa shape index (κ1) is 15.2. The molecule has 20 heavy (non-hydrogen) atoms. The van der Waals surface area contributed by atoms with Crippen molar-refractivity contribution in [2.45, 2.75) is 30.7 Å². The third kappa shape index (κ3) is 2.94. The highest BCUT2D eigenvalue weighted by Gasteiger charge is 2.54. The van der Waals surface area contributed by atoms with E-state index in [1.54, 1.807) is 12.4 Å². The molecule has 4 nitrogen and oxygen atoms in total. The fourth-order valence-electron chi connectivity index (χ4n) is 2.57. The fourth-order valence-corrected chi connectivity index (χ4v) is 2.57. The lowest BCUT2D eigenvalue weighted by Crippen LogP contribution is -2.54. The van der Waals surface area contributed by atoms with Gasteiger partial charge >= 0.3 is 6.18 Å². The van der Waals surface area contributed by atoms with E-state index in [0.29, 0.717) is 6.54 Å². The van der Waals surface area contributed by atoms with Crippen LogP contribution in [0.2, 0.25) is 0 Å². The number of hydrogen-bond acceptors (Lipinski definition) is 4. The van der Waals surface area contributed by atoms with Gasteiger partial charge in [0.2, 0.25) is 0 Å². The minimum atomic E-state index is -4.58. The lowest BCUT2D eigenvalue weighted by Gasteiger charge is -2.42. The summed E-state index contributed by atoms with van der Waals surface area (Å²) in [6.07, 6.45) is -1.95. The van der Waals surface area contributed by atoms with Crippen LogP contribution in [0.15, 0.2) is 24.5 Å². The van der Waals surface area contributed by atoms with Crippen molar-refractivity contribution in [1.29, 1.82) is 0 Å². The van der Waals surface area contributed by atoms with Gasteiger partial charge in [-0.05, 0) is 30.5 Å². The van der Waals surface area contributed by atoms with Crippen molar-refractivity contribution in [3.63, 3.8) is 0 Å². The summed E-state index contributed by atoms with van der Waals surface area (Å²) in [7, 11) is 0. The van der Waals surface area contributed by atoms with Gasteiger partial charge in [0.15, 0.2) is 5.60 Å². The summed E-state index contributed by atoms with van der Waals surface area (Å²) in [5.74, 6) is 0. The standard InChI is InChI=1S/C13H18F3N3O/c14-13(15,16)12(20)3-7-19(8-4-12)11(9-17)10-1-5-18-6-2-10/h1-2,5-6,11,20H,3-4,7-9,17H2/t11-/m0/s1. The Balaban J connectivity index is 2.06. The van der Waals surface area contributed by atoms with Gasteiger partial charge in [0, 0.05) is 38.1 Å². The molecule has 0 unspecified atom stereocenters. The molecule has 1 saturated heterocycles. The van der Waals surface area contributed by atoms with E-state index in [0.717, 1.165) is 5.56 Å². The number of nitrogens with two attached hydrogens (primary N) is 1. The second-order valence-electron chi connectivity index (χ2n) is 5.10. The quantitative estimate of drug-likeness (QED) is 0.884. The lowest BCUT2D eigenvalue weighted by molar-refractivity contribution is -0.273. The molecule has 2 rings (SSSR count). The van der Waals surface area contributed by atoms with E-state index in [-0.39, 0.29) is 32.0 Å². The summed E-state index contributed by atoms with van der Waals surface area (Å²) in [5.41, 5.74) is 4.10. The molecule has 0 amide bonds. The molecule has 0 aliphatic carbocycles. The summed E-state index contributed by atoms with van der Waals surface area (Å²) >= 11 is 0. The van der Waals surface area contributed by atoms with Crippen LogP contribution in [0, 0.1) is 0 Å². The van der Waals surface area contributed by atoms with Crippen molar-refractivity contribution >= 4 is 0 Å². The number of alkyl halides is 3. The van der Waals surface area contributed by atoms with Crippen molar-refractivity contribution < 1.29 is 18.3 Å². The molecular weight excluding hydrogens is 271 g/mol. The highest BCUT2D eigenvalue weighted by molar-refractivity contribution is 5.16. The largest absolute Gasteiger partial charge is 0.417 e. The molecule has 0 bridgehead atoms. The van der Waals surface area contributed by atoms with Gasteiger partial charge in [0.1, 0.15) is 0 Å². The Morgan fingerprint density at radius 3 is 2.30 bits per heavy atom. The van der Waals surface area contributed by atoms with E-state index >= 15 is 0 Å². The number of halogens is 3. The topological polar surface area (TPSA) is 62.4 Å². The van der Waals surface area contributed by atoms with E-state index in [1.165, 1.54) is 0 Å². The zero-order valence-corrected chi connectivity index (χ0v) is 11.0. The van der Waals surface area contributed by atoms with Gasteiger partial charge in [0.05, 0.1) is 0 Å². The van der Waals surface area contributed by atoms with Gasteiger partial charge in [-0.15, -0.1) is 0 Å². The minimum Gasteiger partial charge on any atom is -0.380 e. The number of aliphatic hydroxyl groups is 1. The van der Waals surface area contributed by atoms with E-state index in [4.69, 9.17) is 5.73 Å². The van der Waals surface area contributed by atoms with Crippen molar-refractivity contribution in [2.75, 3.05) is 19.6 Å². The van der Waals surface area contributed by atoms with E-state index in [9.17, 15) is 18.3 Å². The number of nitrogens with zero attached hydrogens (tertiary/aromatic N) is 2. The SMILES string of the molecule is NC[C@@H](c1ccncc1)N1CCC(O)(C(F)(F)F)CC1. The molecule has 112 valence electrons.